The third kappa shape index (κ3) is 11.3. The Hall–Kier alpha value is -5.37. The summed E-state index contributed by atoms with van der Waals surface area (Å²) in [5.74, 6) is 3.32. The van der Waals surface area contributed by atoms with E-state index >= 15 is 0 Å². The van der Waals surface area contributed by atoms with E-state index in [4.69, 9.17) is 10.2 Å². The molecule has 0 bridgehead atoms. The summed E-state index contributed by atoms with van der Waals surface area (Å²) in [5, 5.41) is 27.4. The first kappa shape index (κ1) is 37.4. The molecule has 0 amide bonds. The molecule has 0 atom stereocenters. The maximum absolute atomic E-state index is 12.9. The van der Waals surface area contributed by atoms with Crippen molar-refractivity contribution in [1.82, 2.24) is 35.2 Å². The van der Waals surface area contributed by atoms with E-state index in [1.54, 1.807) is 24.5 Å². The van der Waals surface area contributed by atoms with Crippen LogP contribution in [0.3, 0.4) is 0 Å². The number of fused-ring (bicyclic) bond motifs is 2. The van der Waals surface area contributed by atoms with Crippen molar-refractivity contribution in [3.8, 4) is 0 Å². The minimum Gasteiger partial charge on any atom is -0.396 e. The van der Waals surface area contributed by atoms with E-state index in [1.807, 2.05) is 54.7 Å². The van der Waals surface area contributed by atoms with Crippen LogP contribution in [0, 0.1) is 17.8 Å². The molecular formula is C40H47FN10O2. The summed E-state index contributed by atoms with van der Waals surface area (Å²) in [4.78, 5) is 27.8. The zero-order chi connectivity index (χ0) is 36.7. The molecule has 8 rings (SSSR count). The van der Waals surface area contributed by atoms with Gasteiger partial charge in [-0.3, -0.25) is 9.97 Å². The Kier molecular flexibility index (Phi) is 13.7. The van der Waals surface area contributed by atoms with Gasteiger partial charge in [-0.15, -0.1) is 0 Å². The molecule has 2 aliphatic heterocycles. The van der Waals surface area contributed by atoms with Crippen LogP contribution < -0.4 is 20.9 Å². The van der Waals surface area contributed by atoms with Crippen molar-refractivity contribution in [2.24, 2.45) is 11.8 Å². The molecule has 0 unspecified atom stereocenters. The lowest BCUT2D eigenvalue weighted by molar-refractivity contribution is 0.235. The fourth-order valence-corrected chi connectivity index (χ4v) is 6.48. The summed E-state index contributed by atoms with van der Waals surface area (Å²) >= 11 is 0. The van der Waals surface area contributed by atoms with Gasteiger partial charge in [0.1, 0.15) is 17.5 Å². The van der Waals surface area contributed by atoms with Gasteiger partial charge >= 0.3 is 0 Å². The van der Waals surface area contributed by atoms with E-state index in [9.17, 15) is 4.39 Å². The van der Waals surface area contributed by atoms with Gasteiger partial charge in [-0.25, -0.2) is 19.9 Å². The third-order valence-corrected chi connectivity index (χ3v) is 9.40. The van der Waals surface area contributed by atoms with Crippen LogP contribution in [0.25, 0.3) is 22.1 Å². The Morgan fingerprint density at radius 1 is 0.623 bits per heavy atom. The number of nitrogens with one attached hydrogen (secondary N) is 3. The second-order valence-corrected chi connectivity index (χ2v) is 13.1. The largest absolute Gasteiger partial charge is 0.396 e. The number of anilines is 5. The molecule has 0 aliphatic carbocycles. The first-order valence-electron chi connectivity index (χ1n) is 18.3. The van der Waals surface area contributed by atoms with Crippen LogP contribution >= 0.6 is 0 Å². The van der Waals surface area contributed by atoms with Gasteiger partial charge in [0.2, 0.25) is 5.95 Å². The number of pyridine rings is 6. The topological polar surface area (TPSA) is 157 Å². The lowest BCUT2D eigenvalue weighted by Gasteiger charge is -2.32. The fourth-order valence-electron chi connectivity index (χ4n) is 6.48. The lowest BCUT2D eigenvalue weighted by Crippen LogP contribution is -2.34. The quantitative estimate of drug-likeness (QED) is 0.102. The molecule has 53 heavy (non-hydrogen) atoms. The van der Waals surface area contributed by atoms with Gasteiger partial charge in [0.25, 0.3) is 0 Å². The predicted molar refractivity (Wildman–Crippen MR) is 208 cm³/mol. The van der Waals surface area contributed by atoms with Crippen molar-refractivity contribution in [2.45, 2.75) is 38.5 Å². The van der Waals surface area contributed by atoms with E-state index in [0.29, 0.717) is 24.0 Å². The van der Waals surface area contributed by atoms with Crippen molar-refractivity contribution < 1.29 is 14.6 Å². The zero-order valence-electron chi connectivity index (χ0n) is 29.8. The van der Waals surface area contributed by atoms with Crippen LogP contribution in [0.2, 0.25) is 0 Å². The molecule has 0 aromatic carbocycles. The molecule has 2 fully saturated rings. The van der Waals surface area contributed by atoms with E-state index in [2.05, 4.69) is 56.8 Å². The molecule has 0 spiro atoms. The number of hydrogen-bond acceptors (Lipinski definition) is 12. The van der Waals surface area contributed by atoms with Gasteiger partial charge < -0.3 is 31.1 Å². The maximum Gasteiger partial charge on any atom is 0.214 e. The number of piperidine rings is 2. The SMILES string of the molecule is Fc1cc(Nc2ccc3ncccc3n2)ccn1.OCCC1CCN(c2cc(Nc3ccc4ncccc4n3)ccn2)CC1.OCCC1CCNCC1. The van der Waals surface area contributed by atoms with Crippen LogP contribution in [-0.4, -0.2) is 79.5 Å². The monoisotopic (exact) mass is 718 g/mol. The first-order chi connectivity index (χ1) is 26.1. The van der Waals surface area contributed by atoms with Crippen molar-refractivity contribution >= 4 is 50.9 Å². The van der Waals surface area contributed by atoms with Gasteiger partial charge in [-0.2, -0.15) is 4.39 Å². The second-order valence-electron chi connectivity index (χ2n) is 13.1. The summed E-state index contributed by atoms with van der Waals surface area (Å²) in [6.07, 6.45) is 13.4. The molecule has 0 radical (unpaired) electrons. The van der Waals surface area contributed by atoms with Crippen LogP contribution in [0.4, 0.5) is 33.2 Å². The highest BCUT2D eigenvalue weighted by Crippen LogP contribution is 2.26. The minimum absolute atomic E-state index is 0.288. The summed E-state index contributed by atoms with van der Waals surface area (Å²) in [5.41, 5.74) is 4.96. The van der Waals surface area contributed by atoms with Gasteiger partial charge in [-0.1, -0.05) is 0 Å². The van der Waals surface area contributed by atoms with E-state index in [1.165, 1.54) is 25.1 Å². The minimum atomic E-state index is -0.526. The number of aliphatic hydroxyl groups excluding tert-OH is 2. The van der Waals surface area contributed by atoms with Crippen molar-refractivity contribution in [2.75, 3.05) is 54.9 Å². The van der Waals surface area contributed by atoms with E-state index < -0.39 is 5.95 Å². The van der Waals surface area contributed by atoms with Crippen molar-refractivity contribution in [3.05, 3.63) is 104 Å². The average Bonchev–Trinajstić information content (AvgIpc) is 3.19. The normalized spacial score (nSPS) is 14.9. The Bertz CT molecular complexity index is 2020. The Morgan fingerprint density at radius 3 is 1.74 bits per heavy atom. The molecule has 8 heterocycles. The highest BCUT2D eigenvalue weighted by molar-refractivity contribution is 5.77. The summed E-state index contributed by atoms with van der Waals surface area (Å²) in [7, 11) is 0. The Labute approximate surface area is 309 Å². The molecule has 0 saturated carbocycles. The molecule has 2 saturated heterocycles. The second kappa shape index (κ2) is 19.5. The zero-order valence-corrected chi connectivity index (χ0v) is 29.8. The number of aliphatic hydroxyl groups is 2. The summed E-state index contributed by atoms with van der Waals surface area (Å²) < 4.78 is 12.9. The highest BCUT2D eigenvalue weighted by atomic mass is 19.1. The third-order valence-electron chi connectivity index (χ3n) is 9.40. The summed E-state index contributed by atoms with van der Waals surface area (Å²) in [6.45, 7) is 4.92. The van der Waals surface area contributed by atoms with Gasteiger partial charge in [0.05, 0.1) is 22.1 Å². The van der Waals surface area contributed by atoms with Gasteiger partial charge in [-0.05, 0) is 124 Å². The molecule has 6 aromatic heterocycles. The molecule has 12 nitrogen and oxygen atoms in total. The van der Waals surface area contributed by atoms with E-state index in [-0.39, 0.29) is 6.61 Å². The van der Waals surface area contributed by atoms with Crippen LogP contribution in [0.5, 0.6) is 0 Å². The van der Waals surface area contributed by atoms with Crippen LogP contribution in [0.1, 0.15) is 38.5 Å². The Morgan fingerprint density at radius 2 is 1.17 bits per heavy atom. The maximum atomic E-state index is 12.9. The molecule has 6 aromatic rings. The lowest BCUT2D eigenvalue weighted by atomic mass is 9.94. The van der Waals surface area contributed by atoms with Crippen molar-refractivity contribution in [3.63, 3.8) is 0 Å². The molecule has 2 aliphatic rings. The first-order valence-corrected chi connectivity index (χ1v) is 18.3. The fraction of sp³-hybridized carbons (Fsp3) is 0.350. The molecule has 276 valence electrons. The van der Waals surface area contributed by atoms with Crippen molar-refractivity contribution in [1.29, 1.82) is 0 Å². The molecule has 13 heteroatoms. The number of nitrogens with zero attached hydrogens (tertiary/aromatic N) is 7. The Balaban J connectivity index is 0.000000153. The average molecular weight is 719 g/mol. The number of rotatable bonds is 9. The van der Waals surface area contributed by atoms with Gasteiger partial charge in [0.15, 0.2) is 0 Å². The van der Waals surface area contributed by atoms with Crippen LogP contribution in [-0.2, 0) is 0 Å². The highest BCUT2D eigenvalue weighted by Gasteiger charge is 2.20. The van der Waals surface area contributed by atoms with E-state index in [0.717, 1.165) is 97.2 Å². The predicted octanol–water partition coefficient (Wildman–Crippen LogP) is 6.64. The smallest absolute Gasteiger partial charge is 0.214 e. The molecule has 5 N–H and O–H groups in total. The van der Waals surface area contributed by atoms with Crippen LogP contribution in [0.15, 0.2) is 97.6 Å². The summed E-state index contributed by atoms with van der Waals surface area (Å²) in [6, 6.07) is 22.1. The molecular weight excluding hydrogens is 672 g/mol. The standard InChI is InChI=1S/C20H23N5O.C13H9FN4.C7H15NO/c26-13-8-15-6-11-25(12-7-15)20-14-16(5-10-22-20)23-19-4-3-17-18(24-19)2-1-9-21-17;14-12-8-9(5-7-16-12)17-13-4-3-10-11(18-13)2-1-6-15-10;9-6-3-7-1-4-8-5-2-7/h1-5,9-10,14-15,26H,6-8,11-13H2,(H,22,23,24);1-8H,(H,16,17,18);7-9H,1-6H2. The van der Waals surface area contributed by atoms with Gasteiger partial charge in [0, 0.05) is 74.6 Å². The number of aromatic nitrogens is 6. The number of hydrogen-bond donors (Lipinski definition) is 5. The number of halogens is 1.